The highest BCUT2D eigenvalue weighted by Gasteiger charge is 2.10. The molecule has 0 aromatic carbocycles. The van der Waals surface area contributed by atoms with Crippen molar-refractivity contribution >= 4 is 11.8 Å². The average Bonchev–Trinajstić information content (AvgIpc) is 2.36. The van der Waals surface area contributed by atoms with Crippen molar-refractivity contribution in [2.24, 2.45) is 0 Å². The van der Waals surface area contributed by atoms with Gasteiger partial charge in [-0.1, -0.05) is 13.3 Å². The van der Waals surface area contributed by atoms with Crippen LogP contribution in [0.25, 0.3) is 0 Å². The number of carbonyl (C=O) groups is 1. The Hall–Kier alpha value is -1.62. The summed E-state index contributed by atoms with van der Waals surface area (Å²) >= 11 is 0. The van der Waals surface area contributed by atoms with Gasteiger partial charge in [-0.15, -0.1) is 0 Å². The predicted molar refractivity (Wildman–Crippen MR) is 74.8 cm³/mol. The number of hydrogen-bond donors (Lipinski definition) is 2. The van der Waals surface area contributed by atoms with Crippen LogP contribution in [-0.2, 0) is 11.2 Å². The third kappa shape index (κ3) is 5.26. The molecule has 0 bridgehead atoms. The molecule has 19 heavy (non-hydrogen) atoms. The monoisotopic (exact) mass is 266 g/mol. The summed E-state index contributed by atoms with van der Waals surface area (Å²) in [6.07, 6.45) is 2.57. The molecule has 1 unspecified atom stereocenters. The zero-order chi connectivity index (χ0) is 14.3. The van der Waals surface area contributed by atoms with Gasteiger partial charge in [-0.25, -0.2) is 9.78 Å². The number of rotatable bonds is 8. The van der Waals surface area contributed by atoms with E-state index in [-0.39, 0.29) is 11.6 Å². The van der Waals surface area contributed by atoms with Crippen molar-refractivity contribution in [3.05, 3.63) is 23.4 Å². The molecule has 0 saturated carbocycles. The second-order valence-corrected chi connectivity index (χ2v) is 4.61. The Morgan fingerprint density at radius 3 is 2.84 bits per heavy atom. The van der Waals surface area contributed by atoms with Crippen LogP contribution < -0.4 is 5.32 Å². The third-order valence-corrected chi connectivity index (χ3v) is 2.78. The minimum atomic E-state index is -0.924. The van der Waals surface area contributed by atoms with Crippen LogP contribution in [-0.4, -0.2) is 35.8 Å². The second kappa shape index (κ2) is 7.74. The van der Waals surface area contributed by atoms with Crippen molar-refractivity contribution in [3.63, 3.8) is 0 Å². The van der Waals surface area contributed by atoms with E-state index in [4.69, 9.17) is 9.84 Å². The topological polar surface area (TPSA) is 71.5 Å². The van der Waals surface area contributed by atoms with E-state index in [1.807, 2.05) is 13.8 Å². The number of hydrogen-bond acceptors (Lipinski definition) is 4. The molecule has 2 N–H and O–H groups in total. The van der Waals surface area contributed by atoms with E-state index in [1.54, 1.807) is 19.2 Å². The van der Waals surface area contributed by atoms with Gasteiger partial charge in [0.15, 0.2) is 0 Å². The van der Waals surface area contributed by atoms with Crippen LogP contribution in [0, 0.1) is 0 Å². The predicted octanol–water partition coefficient (Wildman–Crippen LogP) is 2.57. The molecule has 5 nitrogen and oxygen atoms in total. The fourth-order valence-electron chi connectivity index (χ4n) is 1.79. The van der Waals surface area contributed by atoms with Gasteiger partial charge < -0.3 is 15.2 Å². The highest BCUT2D eigenvalue weighted by molar-refractivity contribution is 5.88. The van der Waals surface area contributed by atoms with Gasteiger partial charge in [-0.2, -0.15) is 0 Å². The summed E-state index contributed by atoms with van der Waals surface area (Å²) in [6.45, 7) is 4.73. The Labute approximate surface area is 114 Å². The number of aromatic nitrogens is 1. The quantitative estimate of drug-likeness (QED) is 0.756. The Balaban J connectivity index is 2.83. The zero-order valence-corrected chi connectivity index (χ0v) is 11.8. The van der Waals surface area contributed by atoms with Crippen molar-refractivity contribution in [2.45, 2.75) is 39.2 Å². The molecule has 1 heterocycles. The molecule has 0 amide bonds. The van der Waals surface area contributed by atoms with Crippen molar-refractivity contribution < 1.29 is 14.6 Å². The highest BCUT2D eigenvalue weighted by Crippen LogP contribution is 2.14. The van der Waals surface area contributed by atoms with Crippen molar-refractivity contribution in [3.8, 4) is 0 Å². The zero-order valence-electron chi connectivity index (χ0n) is 11.8. The normalized spacial score (nSPS) is 12.2. The van der Waals surface area contributed by atoms with Gasteiger partial charge in [0, 0.05) is 25.5 Å². The number of pyridine rings is 1. The molecule has 0 aliphatic heterocycles. The maximum absolute atomic E-state index is 11.1. The van der Waals surface area contributed by atoms with Crippen molar-refractivity contribution in [1.82, 2.24) is 4.98 Å². The summed E-state index contributed by atoms with van der Waals surface area (Å²) in [6, 6.07) is 3.40. The van der Waals surface area contributed by atoms with E-state index < -0.39 is 5.97 Å². The lowest BCUT2D eigenvalue weighted by atomic mass is 10.1. The van der Waals surface area contributed by atoms with Crippen molar-refractivity contribution in [2.75, 3.05) is 19.0 Å². The molecule has 0 radical (unpaired) electrons. The third-order valence-electron chi connectivity index (χ3n) is 2.78. The summed E-state index contributed by atoms with van der Waals surface area (Å²) in [5.74, 6) is -0.306. The van der Waals surface area contributed by atoms with Crippen LogP contribution in [0.3, 0.4) is 0 Å². The van der Waals surface area contributed by atoms with Gasteiger partial charge >= 0.3 is 5.97 Å². The molecular formula is C14H22N2O3. The maximum Gasteiger partial charge on any atom is 0.335 e. The molecule has 5 heteroatoms. The van der Waals surface area contributed by atoms with Gasteiger partial charge in [0.2, 0.25) is 0 Å². The number of anilines is 1. The van der Waals surface area contributed by atoms with E-state index in [0.717, 1.165) is 25.0 Å². The number of carboxylic acid groups (broad SMARTS) is 1. The summed E-state index contributed by atoms with van der Waals surface area (Å²) in [5.41, 5.74) is 1.09. The van der Waals surface area contributed by atoms with Crippen LogP contribution in [0.4, 0.5) is 5.82 Å². The minimum absolute atomic E-state index is 0.186. The summed E-state index contributed by atoms with van der Waals surface area (Å²) in [5, 5.41) is 12.3. The summed E-state index contributed by atoms with van der Waals surface area (Å²) < 4.78 is 5.02. The van der Waals surface area contributed by atoms with E-state index >= 15 is 0 Å². The molecule has 1 aromatic rings. The number of methoxy groups -OCH3 is 1. The number of aryl methyl sites for hydroxylation is 1. The molecule has 0 spiro atoms. The first-order valence-corrected chi connectivity index (χ1v) is 6.56. The average molecular weight is 266 g/mol. The molecular weight excluding hydrogens is 244 g/mol. The SMILES string of the molecule is CCCc1cc(C(=O)O)cc(NC(C)CCOC)n1. The smallest absolute Gasteiger partial charge is 0.335 e. The Bertz CT molecular complexity index is 421. The summed E-state index contributed by atoms with van der Waals surface area (Å²) in [4.78, 5) is 15.5. The lowest BCUT2D eigenvalue weighted by molar-refractivity contribution is 0.0696. The van der Waals surface area contributed by atoms with E-state index in [2.05, 4.69) is 10.3 Å². The van der Waals surface area contributed by atoms with Crippen LogP contribution in [0.1, 0.15) is 42.7 Å². The molecule has 0 aliphatic carbocycles. The van der Waals surface area contributed by atoms with Crippen LogP contribution in [0.5, 0.6) is 0 Å². The van der Waals surface area contributed by atoms with Gasteiger partial charge in [-0.05, 0) is 31.9 Å². The summed E-state index contributed by atoms with van der Waals surface area (Å²) in [7, 11) is 1.66. The highest BCUT2D eigenvalue weighted by atomic mass is 16.5. The van der Waals surface area contributed by atoms with Gasteiger partial charge in [0.1, 0.15) is 5.82 Å². The molecule has 0 saturated heterocycles. The maximum atomic E-state index is 11.1. The molecule has 0 aliphatic rings. The van der Waals surface area contributed by atoms with Crippen LogP contribution in [0.2, 0.25) is 0 Å². The molecule has 0 fully saturated rings. The lowest BCUT2D eigenvalue weighted by Crippen LogP contribution is -2.18. The Morgan fingerprint density at radius 2 is 2.26 bits per heavy atom. The number of carboxylic acids is 1. The van der Waals surface area contributed by atoms with Crippen molar-refractivity contribution in [1.29, 1.82) is 0 Å². The van der Waals surface area contributed by atoms with E-state index in [1.165, 1.54) is 0 Å². The Kier molecular flexibility index (Phi) is 6.29. The first-order chi connectivity index (χ1) is 9.06. The first kappa shape index (κ1) is 15.4. The Morgan fingerprint density at radius 1 is 1.53 bits per heavy atom. The lowest BCUT2D eigenvalue weighted by Gasteiger charge is -2.15. The number of ether oxygens (including phenoxy) is 1. The number of aromatic carboxylic acids is 1. The fourth-order valence-corrected chi connectivity index (χ4v) is 1.79. The standard InChI is InChI=1S/C14H22N2O3/c1-4-5-12-8-11(14(17)18)9-13(16-12)15-10(2)6-7-19-3/h8-10H,4-7H2,1-3H3,(H,15,16)(H,17,18). The van der Waals surface area contributed by atoms with Gasteiger partial charge in [-0.3, -0.25) is 0 Å². The van der Waals surface area contributed by atoms with Crippen LogP contribution in [0.15, 0.2) is 12.1 Å². The van der Waals surface area contributed by atoms with E-state index in [9.17, 15) is 4.79 Å². The number of nitrogens with one attached hydrogen (secondary N) is 1. The molecule has 106 valence electrons. The van der Waals surface area contributed by atoms with Gasteiger partial charge in [0.05, 0.1) is 5.56 Å². The minimum Gasteiger partial charge on any atom is -0.478 e. The first-order valence-electron chi connectivity index (χ1n) is 6.56. The molecule has 1 rings (SSSR count). The second-order valence-electron chi connectivity index (χ2n) is 4.61. The largest absolute Gasteiger partial charge is 0.478 e. The van der Waals surface area contributed by atoms with E-state index in [0.29, 0.717) is 12.4 Å². The van der Waals surface area contributed by atoms with Crippen LogP contribution >= 0.6 is 0 Å². The van der Waals surface area contributed by atoms with Gasteiger partial charge in [0.25, 0.3) is 0 Å². The number of nitrogens with zero attached hydrogens (tertiary/aromatic N) is 1. The fraction of sp³-hybridized carbons (Fsp3) is 0.571. The molecule has 1 atom stereocenters. The molecule has 1 aromatic heterocycles.